The molecular formula is C22H31N3O4. The number of rotatable bonds is 7. The summed E-state index contributed by atoms with van der Waals surface area (Å²) < 4.78 is 11.4. The first-order valence-electron chi connectivity index (χ1n) is 10.2. The zero-order valence-corrected chi connectivity index (χ0v) is 17.4. The third-order valence-corrected chi connectivity index (χ3v) is 4.85. The number of nitrogens with zero attached hydrogens (tertiary/aromatic N) is 2. The van der Waals surface area contributed by atoms with Crippen LogP contribution in [-0.4, -0.2) is 45.9 Å². The molecule has 1 amide bonds. The molecule has 0 unspecified atom stereocenters. The molecule has 29 heavy (non-hydrogen) atoms. The van der Waals surface area contributed by atoms with Crippen LogP contribution in [0.15, 0.2) is 40.9 Å². The summed E-state index contributed by atoms with van der Waals surface area (Å²) in [5.41, 5.74) is 0.629. The number of aromatic nitrogens is 1. The SMILES string of the molecule is CC(C)(C)OC(=O)N1CCC[C@H]1c1ncc(CN[C@H](CO)Cc2ccccc2)o1. The van der Waals surface area contributed by atoms with E-state index in [1.807, 2.05) is 51.1 Å². The monoisotopic (exact) mass is 401 g/mol. The zero-order chi connectivity index (χ0) is 20.9. The molecule has 3 rings (SSSR count). The fourth-order valence-electron chi connectivity index (χ4n) is 3.47. The van der Waals surface area contributed by atoms with E-state index in [9.17, 15) is 9.90 Å². The summed E-state index contributed by atoms with van der Waals surface area (Å²) in [6, 6.07) is 9.77. The first kappa shape index (κ1) is 21.3. The minimum atomic E-state index is -0.534. The van der Waals surface area contributed by atoms with Gasteiger partial charge in [-0.05, 0) is 45.6 Å². The Morgan fingerprint density at radius 3 is 2.83 bits per heavy atom. The molecular weight excluding hydrogens is 370 g/mol. The number of aliphatic hydroxyl groups excluding tert-OH is 1. The normalized spacial score (nSPS) is 18.1. The van der Waals surface area contributed by atoms with Crippen LogP contribution < -0.4 is 5.32 Å². The molecule has 1 saturated heterocycles. The maximum Gasteiger partial charge on any atom is 0.410 e. The van der Waals surface area contributed by atoms with Crippen LogP contribution >= 0.6 is 0 Å². The van der Waals surface area contributed by atoms with E-state index in [0.717, 1.165) is 24.8 Å². The van der Waals surface area contributed by atoms with Crippen molar-refractivity contribution >= 4 is 6.09 Å². The quantitative estimate of drug-likeness (QED) is 0.739. The largest absolute Gasteiger partial charge is 0.444 e. The number of hydrogen-bond donors (Lipinski definition) is 2. The Kier molecular flexibility index (Phi) is 6.92. The van der Waals surface area contributed by atoms with Crippen molar-refractivity contribution in [3.05, 3.63) is 53.7 Å². The predicted molar refractivity (Wildman–Crippen MR) is 109 cm³/mol. The van der Waals surface area contributed by atoms with Gasteiger partial charge in [-0.3, -0.25) is 4.90 Å². The Morgan fingerprint density at radius 1 is 1.38 bits per heavy atom. The second-order valence-corrected chi connectivity index (χ2v) is 8.45. The summed E-state index contributed by atoms with van der Waals surface area (Å²) in [4.78, 5) is 18.6. The van der Waals surface area contributed by atoms with Crippen LogP contribution in [0.3, 0.4) is 0 Å². The van der Waals surface area contributed by atoms with Crippen molar-refractivity contribution in [3.8, 4) is 0 Å². The number of amides is 1. The van der Waals surface area contributed by atoms with Crippen LogP contribution in [-0.2, 0) is 17.7 Å². The van der Waals surface area contributed by atoms with E-state index < -0.39 is 5.60 Å². The van der Waals surface area contributed by atoms with E-state index >= 15 is 0 Å². The van der Waals surface area contributed by atoms with Crippen molar-refractivity contribution in [3.63, 3.8) is 0 Å². The number of ether oxygens (including phenoxy) is 1. The lowest BCUT2D eigenvalue weighted by Gasteiger charge is -2.27. The number of oxazole rings is 1. The Morgan fingerprint density at radius 2 is 2.14 bits per heavy atom. The summed E-state index contributed by atoms with van der Waals surface area (Å²) in [6.07, 6.45) is 3.78. The summed E-state index contributed by atoms with van der Waals surface area (Å²) in [5, 5.41) is 13.0. The second-order valence-electron chi connectivity index (χ2n) is 8.45. The number of carbonyl (C=O) groups is 1. The molecule has 0 radical (unpaired) electrons. The van der Waals surface area contributed by atoms with Gasteiger partial charge in [0.05, 0.1) is 19.3 Å². The number of benzene rings is 1. The van der Waals surface area contributed by atoms with Crippen LogP contribution in [0.1, 0.15) is 56.9 Å². The average molecular weight is 402 g/mol. The van der Waals surface area contributed by atoms with Gasteiger partial charge in [0.15, 0.2) is 0 Å². The van der Waals surface area contributed by atoms with Gasteiger partial charge in [0.1, 0.15) is 17.4 Å². The lowest BCUT2D eigenvalue weighted by molar-refractivity contribution is 0.0203. The van der Waals surface area contributed by atoms with Gasteiger partial charge in [0.25, 0.3) is 0 Å². The Balaban J connectivity index is 1.57. The lowest BCUT2D eigenvalue weighted by atomic mass is 10.1. The first-order chi connectivity index (χ1) is 13.9. The van der Waals surface area contributed by atoms with Crippen molar-refractivity contribution in [2.45, 2.75) is 64.3 Å². The van der Waals surface area contributed by atoms with Crippen LogP contribution in [0, 0.1) is 0 Å². The fraction of sp³-hybridized carbons (Fsp3) is 0.545. The van der Waals surface area contributed by atoms with Crippen molar-refractivity contribution in [2.24, 2.45) is 0 Å². The molecule has 1 fully saturated rings. The molecule has 0 aliphatic carbocycles. The third-order valence-electron chi connectivity index (χ3n) is 4.85. The number of likely N-dealkylation sites (tertiary alicyclic amines) is 1. The minimum Gasteiger partial charge on any atom is -0.444 e. The van der Waals surface area contributed by atoms with Crippen molar-refractivity contribution < 1.29 is 19.1 Å². The van der Waals surface area contributed by atoms with Crippen LogP contribution in [0.25, 0.3) is 0 Å². The molecule has 2 heterocycles. The van der Waals surface area contributed by atoms with E-state index in [4.69, 9.17) is 9.15 Å². The molecule has 7 nitrogen and oxygen atoms in total. The first-order valence-corrected chi connectivity index (χ1v) is 10.2. The molecule has 0 bridgehead atoms. The van der Waals surface area contributed by atoms with Crippen molar-refractivity contribution in [1.82, 2.24) is 15.2 Å². The standard InChI is InChI=1S/C22H31N3O4/c1-22(2,3)29-21(27)25-11-7-10-19(25)20-24-14-18(28-20)13-23-17(15-26)12-16-8-5-4-6-9-16/h4-6,8-9,14,17,19,23,26H,7,10-13,15H2,1-3H3/t17-,19-/m0/s1. The second kappa shape index (κ2) is 9.41. The van der Waals surface area contributed by atoms with Crippen LogP contribution in [0.4, 0.5) is 4.79 Å². The van der Waals surface area contributed by atoms with Crippen LogP contribution in [0.5, 0.6) is 0 Å². The maximum atomic E-state index is 12.5. The summed E-state index contributed by atoms with van der Waals surface area (Å²) in [5.74, 6) is 1.22. The molecule has 1 aromatic carbocycles. The Labute approximate surface area is 172 Å². The molecule has 0 spiro atoms. The highest BCUT2D eigenvalue weighted by Gasteiger charge is 2.35. The topological polar surface area (TPSA) is 87.8 Å². The highest BCUT2D eigenvalue weighted by molar-refractivity contribution is 5.69. The third kappa shape index (κ3) is 6.05. The summed E-state index contributed by atoms with van der Waals surface area (Å²) in [7, 11) is 0. The van der Waals surface area contributed by atoms with Gasteiger partial charge < -0.3 is 19.6 Å². The maximum absolute atomic E-state index is 12.5. The number of aliphatic hydroxyl groups is 1. The van der Waals surface area contributed by atoms with Gasteiger partial charge in [0.2, 0.25) is 5.89 Å². The van der Waals surface area contributed by atoms with E-state index in [2.05, 4.69) is 10.3 Å². The molecule has 1 aliphatic rings. The number of carbonyl (C=O) groups excluding carboxylic acids is 1. The van der Waals surface area contributed by atoms with Gasteiger partial charge in [-0.15, -0.1) is 0 Å². The lowest BCUT2D eigenvalue weighted by Crippen LogP contribution is -2.36. The number of nitrogens with one attached hydrogen (secondary N) is 1. The summed E-state index contributed by atoms with van der Waals surface area (Å²) in [6.45, 7) is 6.71. The molecule has 1 aliphatic heterocycles. The predicted octanol–water partition coefficient (Wildman–Crippen LogP) is 3.44. The molecule has 2 aromatic rings. The Bertz CT molecular complexity index is 785. The van der Waals surface area contributed by atoms with E-state index in [-0.39, 0.29) is 24.8 Å². The van der Waals surface area contributed by atoms with E-state index in [1.54, 1.807) is 11.1 Å². The van der Waals surface area contributed by atoms with E-state index in [0.29, 0.717) is 24.7 Å². The highest BCUT2D eigenvalue weighted by atomic mass is 16.6. The molecule has 7 heteroatoms. The van der Waals surface area contributed by atoms with Gasteiger partial charge >= 0.3 is 6.09 Å². The van der Waals surface area contributed by atoms with Gasteiger partial charge in [-0.2, -0.15) is 0 Å². The van der Waals surface area contributed by atoms with E-state index in [1.165, 1.54) is 0 Å². The Hall–Kier alpha value is -2.38. The number of hydrogen-bond acceptors (Lipinski definition) is 6. The highest BCUT2D eigenvalue weighted by Crippen LogP contribution is 2.32. The van der Waals surface area contributed by atoms with Crippen molar-refractivity contribution in [2.75, 3.05) is 13.2 Å². The molecule has 2 atom stereocenters. The van der Waals surface area contributed by atoms with Gasteiger partial charge in [-0.1, -0.05) is 30.3 Å². The van der Waals surface area contributed by atoms with Gasteiger partial charge in [-0.25, -0.2) is 9.78 Å². The molecule has 0 saturated carbocycles. The molecule has 2 N–H and O–H groups in total. The summed E-state index contributed by atoms with van der Waals surface area (Å²) >= 11 is 0. The van der Waals surface area contributed by atoms with Gasteiger partial charge in [0, 0.05) is 12.6 Å². The van der Waals surface area contributed by atoms with Crippen molar-refractivity contribution in [1.29, 1.82) is 0 Å². The zero-order valence-electron chi connectivity index (χ0n) is 17.4. The minimum absolute atomic E-state index is 0.0327. The molecule has 1 aromatic heterocycles. The average Bonchev–Trinajstić information content (AvgIpc) is 3.33. The molecule has 158 valence electrons. The smallest absolute Gasteiger partial charge is 0.410 e. The van der Waals surface area contributed by atoms with Crippen LogP contribution in [0.2, 0.25) is 0 Å². The fourth-order valence-corrected chi connectivity index (χ4v) is 3.47.